The molecule has 4 heteroatoms. The van der Waals surface area contributed by atoms with Crippen molar-refractivity contribution in [3.63, 3.8) is 0 Å². The summed E-state index contributed by atoms with van der Waals surface area (Å²) in [6, 6.07) is 8.13. The molecule has 94 valence electrons. The minimum Gasteiger partial charge on any atom is -0.342 e. The molecule has 1 aromatic carbocycles. The van der Waals surface area contributed by atoms with Crippen molar-refractivity contribution in [1.29, 1.82) is 0 Å². The van der Waals surface area contributed by atoms with Gasteiger partial charge in [-0.25, -0.2) is 0 Å². The molecule has 0 amide bonds. The van der Waals surface area contributed by atoms with Gasteiger partial charge in [0.2, 0.25) is 0 Å². The zero-order chi connectivity index (χ0) is 12.5. The first-order valence-electron chi connectivity index (χ1n) is 6.39. The molecular weight excluding hydrogens is 224 g/mol. The molecule has 2 aromatic rings. The first-order valence-corrected chi connectivity index (χ1v) is 6.39. The number of rotatable bonds is 3. The van der Waals surface area contributed by atoms with Crippen LogP contribution in [0.4, 0.5) is 5.82 Å². The Kier molecular flexibility index (Phi) is 2.80. The second-order valence-electron chi connectivity index (χ2n) is 5.02. The van der Waals surface area contributed by atoms with Gasteiger partial charge in [0, 0.05) is 11.1 Å². The number of nitrogens with two attached hydrogens (primary N) is 1. The molecule has 0 bridgehead atoms. The Morgan fingerprint density at radius 2 is 2.28 bits per heavy atom. The van der Waals surface area contributed by atoms with Crippen LogP contribution in [0, 0.1) is 11.8 Å². The third-order valence-corrected chi connectivity index (χ3v) is 3.71. The highest BCUT2D eigenvalue weighted by molar-refractivity contribution is 5.90. The number of nitrogens with zero attached hydrogens (tertiary/aromatic N) is 1. The van der Waals surface area contributed by atoms with Crippen LogP contribution in [0.15, 0.2) is 36.0 Å². The highest BCUT2D eigenvalue weighted by atomic mass is 15.2. The average Bonchev–Trinajstić information content (AvgIpc) is 2.94. The average molecular weight is 242 g/mol. The van der Waals surface area contributed by atoms with Gasteiger partial charge in [0.25, 0.3) is 0 Å². The molecule has 0 fully saturated rings. The van der Waals surface area contributed by atoms with E-state index in [1.807, 2.05) is 18.2 Å². The normalized spacial score (nSPS) is 23.3. The molecule has 1 aliphatic carbocycles. The van der Waals surface area contributed by atoms with E-state index in [1.54, 1.807) is 0 Å². The van der Waals surface area contributed by atoms with Crippen molar-refractivity contribution in [3.05, 3.63) is 36.0 Å². The fraction of sp³-hybridized carbons (Fsp3) is 0.357. The summed E-state index contributed by atoms with van der Waals surface area (Å²) in [6.45, 7) is 2.96. The van der Waals surface area contributed by atoms with Crippen LogP contribution in [0.5, 0.6) is 0 Å². The number of hydrogen-bond acceptors (Lipinski definition) is 3. The summed E-state index contributed by atoms with van der Waals surface area (Å²) in [5.74, 6) is 2.00. The van der Waals surface area contributed by atoms with Gasteiger partial charge >= 0.3 is 0 Å². The topological polar surface area (TPSA) is 66.7 Å². The van der Waals surface area contributed by atoms with E-state index < -0.39 is 0 Å². The molecule has 0 radical (unpaired) electrons. The van der Waals surface area contributed by atoms with Crippen molar-refractivity contribution in [2.75, 3.05) is 11.9 Å². The number of anilines is 1. The van der Waals surface area contributed by atoms with Crippen LogP contribution in [-0.2, 0) is 0 Å². The van der Waals surface area contributed by atoms with Gasteiger partial charge in [-0.05, 0) is 36.9 Å². The SMILES string of the molecule is CC1CC(Nc2n[nH]c3ccccc23)=CC1CN. The van der Waals surface area contributed by atoms with Crippen molar-refractivity contribution < 1.29 is 0 Å². The number of fused-ring (bicyclic) bond motifs is 1. The van der Waals surface area contributed by atoms with Crippen LogP contribution in [0.25, 0.3) is 10.9 Å². The van der Waals surface area contributed by atoms with Crippen molar-refractivity contribution in [2.24, 2.45) is 17.6 Å². The van der Waals surface area contributed by atoms with E-state index in [0.717, 1.165) is 23.1 Å². The van der Waals surface area contributed by atoms with Gasteiger partial charge in [0.15, 0.2) is 5.82 Å². The fourth-order valence-corrected chi connectivity index (χ4v) is 2.59. The maximum Gasteiger partial charge on any atom is 0.159 e. The van der Waals surface area contributed by atoms with Gasteiger partial charge in [0.1, 0.15) is 0 Å². The van der Waals surface area contributed by atoms with Crippen molar-refractivity contribution in [1.82, 2.24) is 10.2 Å². The lowest BCUT2D eigenvalue weighted by atomic mass is 9.98. The summed E-state index contributed by atoms with van der Waals surface area (Å²) in [7, 11) is 0. The molecule has 0 saturated carbocycles. The standard InChI is InChI=1S/C14H18N4/c1-9-6-11(7-10(9)8-15)16-14-12-4-2-3-5-13(12)17-18-14/h2-5,7,9-10H,6,8,15H2,1H3,(H2,16,17,18). The minimum atomic E-state index is 0.484. The quantitative estimate of drug-likeness (QED) is 0.774. The number of aromatic amines is 1. The highest BCUT2D eigenvalue weighted by Crippen LogP contribution is 2.31. The van der Waals surface area contributed by atoms with E-state index >= 15 is 0 Å². The largest absolute Gasteiger partial charge is 0.342 e. The number of benzene rings is 1. The maximum absolute atomic E-state index is 5.76. The first-order chi connectivity index (χ1) is 8.78. The summed E-state index contributed by atoms with van der Waals surface area (Å²) >= 11 is 0. The van der Waals surface area contributed by atoms with Crippen LogP contribution in [0.3, 0.4) is 0 Å². The summed E-state index contributed by atoms with van der Waals surface area (Å²) in [6.07, 6.45) is 3.29. The van der Waals surface area contributed by atoms with Crippen molar-refractivity contribution in [3.8, 4) is 0 Å². The predicted molar refractivity (Wildman–Crippen MR) is 74.1 cm³/mol. The second kappa shape index (κ2) is 4.46. The number of H-pyrrole nitrogens is 1. The summed E-state index contributed by atoms with van der Waals surface area (Å²) in [4.78, 5) is 0. The molecule has 3 rings (SSSR count). The molecule has 0 aliphatic heterocycles. The lowest BCUT2D eigenvalue weighted by molar-refractivity contribution is 0.468. The second-order valence-corrected chi connectivity index (χ2v) is 5.02. The fourth-order valence-electron chi connectivity index (χ4n) is 2.59. The van der Waals surface area contributed by atoms with E-state index in [1.165, 1.54) is 5.70 Å². The minimum absolute atomic E-state index is 0.484. The van der Waals surface area contributed by atoms with E-state index in [4.69, 9.17) is 5.73 Å². The number of para-hydroxylation sites is 1. The van der Waals surface area contributed by atoms with E-state index in [9.17, 15) is 0 Å². The third kappa shape index (κ3) is 1.88. The molecular formula is C14H18N4. The Morgan fingerprint density at radius 3 is 3.06 bits per heavy atom. The molecule has 4 nitrogen and oxygen atoms in total. The molecule has 2 unspecified atom stereocenters. The number of allylic oxidation sites excluding steroid dienone is 1. The molecule has 4 N–H and O–H groups in total. The molecule has 2 atom stereocenters. The molecule has 0 saturated heterocycles. The lowest BCUT2D eigenvalue weighted by Gasteiger charge is -2.10. The van der Waals surface area contributed by atoms with Gasteiger partial charge in [-0.1, -0.05) is 25.1 Å². The van der Waals surface area contributed by atoms with E-state index in [2.05, 4.69) is 34.6 Å². The summed E-state index contributed by atoms with van der Waals surface area (Å²) in [5, 5.41) is 11.9. The van der Waals surface area contributed by atoms with E-state index in [-0.39, 0.29) is 0 Å². The van der Waals surface area contributed by atoms with Crippen LogP contribution < -0.4 is 11.1 Å². The Bertz CT molecular complexity index is 584. The van der Waals surface area contributed by atoms with Crippen LogP contribution >= 0.6 is 0 Å². The van der Waals surface area contributed by atoms with Crippen LogP contribution in [-0.4, -0.2) is 16.7 Å². The van der Waals surface area contributed by atoms with Crippen LogP contribution in [0.1, 0.15) is 13.3 Å². The van der Waals surface area contributed by atoms with Crippen LogP contribution in [0.2, 0.25) is 0 Å². The molecule has 1 aliphatic rings. The van der Waals surface area contributed by atoms with Crippen molar-refractivity contribution in [2.45, 2.75) is 13.3 Å². The predicted octanol–water partition coefficient (Wildman–Crippen LogP) is 2.47. The smallest absolute Gasteiger partial charge is 0.159 e. The lowest BCUT2D eigenvalue weighted by Crippen LogP contribution is -2.15. The summed E-state index contributed by atoms with van der Waals surface area (Å²) < 4.78 is 0. The molecule has 0 spiro atoms. The zero-order valence-corrected chi connectivity index (χ0v) is 10.5. The van der Waals surface area contributed by atoms with Gasteiger partial charge < -0.3 is 11.1 Å². The molecule has 18 heavy (non-hydrogen) atoms. The van der Waals surface area contributed by atoms with E-state index in [0.29, 0.717) is 18.4 Å². The Labute approximate surface area is 106 Å². The van der Waals surface area contributed by atoms with Gasteiger partial charge in [-0.15, -0.1) is 0 Å². The Morgan fingerprint density at radius 1 is 1.44 bits per heavy atom. The highest BCUT2D eigenvalue weighted by Gasteiger charge is 2.23. The monoisotopic (exact) mass is 242 g/mol. The number of nitrogens with one attached hydrogen (secondary N) is 2. The summed E-state index contributed by atoms with van der Waals surface area (Å²) in [5.41, 5.74) is 8.05. The molecule has 1 heterocycles. The zero-order valence-electron chi connectivity index (χ0n) is 10.5. The van der Waals surface area contributed by atoms with Gasteiger partial charge in [-0.3, -0.25) is 5.10 Å². The first kappa shape index (κ1) is 11.3. The molecule has 1 aromatic heterocycles. The maximum atomic E-state index is 5.76. The van der Waals surface area contributed by atoms with Gasteiger partial charge in [0.05, 0.1) is 5.52 Å². The number of aromatic nitrogens is 2. The number of hydrogen-bond donors (Lipinski definition) is 3. The Hall–Kier alpha value is -1.81. The van der Waals surface area contributed by atoms with Crippen molar-refractivity contribution >= 4 is 16.7 Å². The van der Waals surface area contributed by atoms with Gasteiger partial charge in [-0.2, -0.15) is 5.10 Å². The Balaban J connectivity index is 1.85. The third-order valence-electron chi connectivity index (χ3n) is 3.71.